The van der Waals surface area contributed by atoms with Gasteiger partial charge in [0.2, 0.25) is 0 Å². The first-order chi connectivity index (χ1) is 19.4. The maximum absolute atomic E-state index is 10.5. The van der Waals surface area contributed by atoms with Gasteiger partial charge >= 0.3 is 0 Å². The lowest BCUT2D eigenvalue weighted by Crippen LogP contribution is -2.14. The Balaban J connectivity index is 1.43. The van der Waals surface area contributed by atoms with Gasteiger partial charge in [-0.2, -0.15) is 0 Å². The molecule has 1 aliphatic carbocycles. The van der Waals surface area contributed by atoms with Gasteiger partial charge in [-0.05, 0) is 105 Å². The van der Waals surface area contributed by atoms with Crippen LogP contribution in [0, 0.1) is 0 Å². The third kappa shape index (κ3) is 2.64. The smallest absolute Gasteiger partial charge is 0.117 e. The number of rotatable bonds is 1. The van der Waals surface area contributed by atoms with Gasteiger partial charge in [-0.15, -0.1) is 0 Å². The van der Waals surface area contributed by atoms with Crippen LogP contribution in [0.2, 0.25) is 0 Å². The summed E-state index contributed by atoms with van der Waals surface area (Å²) in [6, 6.07) is 35.9. The SMILES string of the molecule is CC1(C)c2cc(O)ccc2-c2cc3cc4c5cc(-c6ccccc6)cc6c7ccc(O)cc7n(c4cc3cc21)c65. The van der Waals surface area contributed by atoms with Gasteiger partial charge in [0.15, 0.2) is 0 Å². The summed E-state index contributed by atoms with van der Waals surface area (Å²) >= 11 is 0. The molecule has 190 valence electrons. The number of hydrogen-bond acceptors (Lipinski definition) is 2. The molecule has 0 aliphatic heterocycles. The topological polar surface area (TPSA) is 44.9 Å². The maximum atomic E-state index is 10.5. The van der Waals surface area contributed by atoms with Gasteiger partial charge in [0.05, 0.1) is 16.6 Å². The molecule has 0 unspecified atom stereocenters. The molecule has 2 heterocycles. The van der Waals surface area contributed by atoms with Gasteiger partial charge in [-0.1, -0.05) is 50.2 Å². The molecule has 2 aromatic heterocycles. The molecule has 1 aliphatic rings. The number of benzene rings is 6. The second-order valence-electron chi connectivity index (χ2n) is 11.8. The highest BCUT2D eigenvalue weighted by Gasteiger charge is 2.36. The van der Waals surface area contributed by atoms with Crippen LogP contribution in [0.1, 0.15) is 25.0 Å². The largest absolute Gasteiger partial charge is 0.508 e. The summed E-state index contributed by atoms with van der Waals surface area (Å²) in [5.41, 5.74) is 10.4. The Hall–Kier alpha value is -5.02. The molecule has 0 spiro atoms. The van der Waals surface area contributed by atoms with Crippen LogP contribution in [0.4, 0.5) is 0 Å². The number of hydrogen-bond donors (Lipinski definition) is 2. The lowest BCUT2D eigenvalue weighted by molar-refractivity contribution is 0.473. The van der Waals surface area contributed by atoms with Crippen molar-refractivity contribution in [3.63, 3.8) is 0 Å². The molecule has 8 aromatic rings. The van der Waals surface area contributed by atoms with E-state index in [-0.39, 0.29) is 11.2 Å². The number of phenolic OH excluding ortho intramolecular Hbond substituents is 2. The van der Waals surface area contributed by atoms with Crippen molar-refractivity contribution in [1.82, 2.24) is 4.40 Å². The lowest BCUT2D eigenvalue weighted by Gasteiger charge is -2.21. The van der Waals surface area contributed by atoms with Gasteiger partial charge in [-0.25, -0.2) is 0 Å². The highest BCUT2D eigenvalue weighted by Crippen LogP contribution is 2.51. The Bertz CT molecular complexity index is 2360. The molecule has 2 N–H and O–H groups in total. The summed E-state index contributed by atoms with van der Waals surface area (Å²) in [7, 11) is 0. The fraction of sp³-hybridized carbons (Fsp3) is 0.0811. The number of aromatic nitrogens is 1. The zero-order valence-electron chi connectivity index (χ0n) is 22.2. The molecule has 0 fully saturated rings. The fourth-order valence-electron chi connectivity index (χ4n) is 7.29. The van der Waals surface area contributed by atoms with Crippen LogP contribution in [0.5, 0.6) is 11.5 Å². The highest BCUT2D eigenvalue weighted by atomic mass is 16.3. The van der Waals surface area contributed by atoms with Crippen LogP contribution in [0.15, 0.2) is 103 Å². The molecule has 0 saturated heterocycles. The van der Waals surface area contributed by atoms with E-state index in [1.165, 1.54) is 60.3 Å². The first kappa shape index (κ1) is 21.9. The summed E-state index contributed by atoms with van der Waals surface area (Å²) in [4.78, 5) is 0. The molecule has 0 atom stereocenters. The van der Waals surface area contributed by atoms with E-state index in [2.05, 4.69) is 91.0 Å². The van der Waals surface area contributed by atoms with Crippen molar-refractivity contribution in [2.24, 2.45) is 0 Å². The van der Waals surface area contributed by atoms with E-state index >= 15 is 0 Å². The predicted molar refractivity (Wildman–Crippen MR) is 165 cm³/mol. The van der Waals surface area contributed by atoms with Crippen LogP contribution in [-0.2, 0) is 5.41 Å². The minimum atomic E-state index is -0.205. The van der Waals surface area contributed by atoms with Crippen molar-refractivity contribution in [2.45, 2.75) is 19.3 Å². The average molecular weight is 516 g/mol. The Labute approximate surface area is 230 Å². The van der Waals surface area contributed by atoms with Crippen molar-refractivity contribution >= 4 is 48.9 Å². The van der Waals surface area contributed by atoms with Crippen LogP contribution in [0.25, 0.3) is 71.1 Å². The number of phenols is 2. The molecule has 0 saturated carbocycles. The average Bonchev–Trinajstić information content (AvgIpc) is 3.53. The second-order valence-corrected chi connectivity index (χ2v) is 11.8. The van der Waals surface area contributed by atoms with Gasteiger partial charge in [-0.3, -0.25) is 0 Å². The molecule has 9 rings (SSSR count). The Morgan fingerprint density at radius 1 is 0.525 bits per heavy atom. The minimum Gasteiger partial charge on any atom is -0.508 e. The fourth-order valence-corrected chi connectivity index (χ4v) is 7.29. The molecular weight excluding hydrogens is 490 g/mol. The van der Waals surface area contributed by atoms with Crippen molar-refractivity contribution in [3.05, 3.63) is 114 Å². The van der Waals surface area contributed by atoms with E-state index < -0.39 is 0 Å². The summed E-state index contributed by atoms with van der Waals surface area (Å²) in [6.45, 7) is 4.48. The zero-order chi connectivity index (χ0) is 26.9. The summed E-state index contributed by atoms with van der Waals surface area (Å²) in [5.74, 6) is 0.576. The van der Waals surface area contributed by atoms with Crippen LogP contribution < -0.4 is 0 Å². The van der Waals surface area contributed by atoms with Crippen molar-refractivity contribution in [1.29, 1.82) is 0 Å². The normalized spacial score (nSPS) is 14.2. The third-order valence-corrected chi connectivity index (χ3v) is 9.22. The van der Waals surface area contributed by atoms with Crippen molar-refractivity contribution in [2.75, 3.05) is 0 Å². The summed E-state index contributed by atoms with van der Waals surface area (Å²) < 4.78 is 2.33. The Morgan fingerprint density at radius 3 is 2.02 bits per heavy atom. The molecule has 0 bridgehead atoms. The maximum Gasteiger partial charge on any atom is 0.117 e. The molecule has 0 amide bonds. The number of fused-ring (bicyclic) bond motifs is 10. The number of nitrogens with zero attached hydrogens (tertiary/aromatic N) is 1. The van der Waals surface area contributed by atoms with Gasteiger partial charge < -0.3 is 14.6 Å². The van der Waals surface area contributed by atoms with Crippen LogP contribution in [-0.4, -0.2) is 14.6 Å². The standard InChI is InChI=1S/C37H25NO2/c1-37(2)32-16-23-17-34-29(13-22(23)12-28(32)26-10-8-24(39)18-33(26)37)31-15-21(20-6-4-3-5-7-20)14-30-27-11-9-25(40)19-35(27)38(34)36(30)31/h3-19,39-40H,1-2H3. The lowest BCUT2D eigenvalue weighted by atomic mass is 9.82. The summed E-state index contributed by atoms with van der Waals surface area (Å²) in [5, 5.41) is 27.9. The van der Waals surface area contributed by atoms with E-state index in [4.69, 9.17) is 0 Å². The van der Waals surface area contributed by atoms with Crippen molar-refractivity contribution in [3.8, 4) is 33.8 Å². The van der Waals surface area contributed by atoms with E-state index in [1.807, 2.05) is 18.2 Å². The predicted octanol–water partition coefficient (Wildman–Crippen LogP) is 9.37. The highest BCUT2D eigenvalue weighted by molar-refractivity contribution is 6.26. The third-order valence-electron chi connectivity index (χ3n) is 9.22. The van der Waals surface area contributed by atoms with Gasteiger partial charge in [0, 0.05) is 33.0 Å². The molecular formula is C37H25NO2. The van der Waals surface area contributed by atoms with Gasteiger partial charge in [0.25, 0.3) is 0 Å². The molecule has 0 radical (unpaired) electrons. The zero-order valence-corrected chi connectivity index (χ0v) is 22.2. The molecule has 40 heavy (non-hydrogen) atoms. The summed E-state index contributed by atoms with van der Waals surface area (Å²) in [6.07, 6.45) is 0. The van der Waals surface area contributed by atoms with Crippen LogP contribution >= 0.6 is 0 Å². The number of aromatic hydroxyl groups is 2. The van der Waals surface area contributed by atoms with E-state index in [0.29, 0.717) is 5.75 Å². The van der Waals surface area contributed by atoms with E-state index in [9.17, 15) is 10.2 Å². The molecule has 6 aromatic carbocycles. The van der Waals surface area contributed by atoms with Crippen LogP contribution in [0.3, 0.4) is 0 Å². The molecule has 3 heteroatoms. The van der Waals surface area contributed by atoms with Gasteiger partial charge in [0.1, 0.15) is 11.5 Å². The first-order valence-corrected chi connectivity index (χ1v) is 13.7. The first-order valence-electron chi connectivity index (χ1n) is 13.7. The quantitative estimate of drug-likeness (QED) is 0.229. The Morgan fingerprint density at radius 2 is 1.20 bits per heavy atom. The molecule has 3 nitrogen and oxygen atoms in total. The monoisotopic (exact) mass is 515 g/mol. The minimum absolute atomic E-state index is 0.205. The Kier molecular flexibility index (Phi) is 3.90. The van der Waals surface area contributed by atoms with Crippen molar-refractivity contribution < 1.29 is 10.2 Å². The second kappa shape index (κ2) is 7.13. The van der Waals surface area contributed by atoms with E-state index in [0.717, 1.165) is 22.0 Å². The van der Waals surface area contributed by atoms with E-state index in [1.54, 1.807) is 12.1 Å².